The lowest BCUT2D eigenvalue weighted by Crippen LogP contribution is -2.38. The van der Waals surface area contributed by atoms with E-state index < -0.39 is 11.8 Å². The molecule has 0 saturated carbocycles. The topological polar surface area (TPSA) is 46.6 Å². The number of fused-ring (bicyclic) bond motifs is 3. The number of anilines is 1. The van der Waals surface area contributed by atoms with Crippen LogP contribution in [0.3, 0.4) is 0 Å². The molecule has 4 nitrogen and oxygen atoms in total. The first-order valence-electron chi connectivity index (χ1n) is 9.33. The number of benzene rings is 1. The highest BCUT2D eigenvalue weighted by atomic mass is 32.1. The van der Waals surface area contributed by atoms with Crippen molar-refractivity contribution in [2.75, 3.05) is 11.4 Å². The van der Waals surface area contributed by atoms with Crippen LogP contribution in [0, 0.1) is 12.7 Å². The van der Waals surface area contributed by atoms with Gasteiger partial charge in [0.2, 0.25) is 0 Å². The third-order valence-corrected chi connectivity index (χ3v) is 6.75. The summed E-state index contributed by atoms with van der Waals surface area (Å²) < 4.78 is 19.3. The van der Waals surface area contributed by atoms with Gasteiger partial charge in [0.25, 0.3) is 5.91 Å². The molecule has 0 bridgehead atoms. The maximum absolute atomic E-state index is 14.1. The summed E-state index contributed by atoms with van der Waals surface area (Å²) in [6.07, 6.45) is 5.27. The summed E-state index contributed by atoms with van der Waals surface area (Å²) >= 11 is 1.61. The van der Waals surface area contributed by atoms with Crippen molar-refractivity contribution in [3.05, 3.63) is 50.0 Å². The van der Waals surface area contributed by atoms with E-state index in [0.29, 0.717) is 23.4 Å². The van der Waals surface area contributed by atoms with Crippen molar-refractivity contribution in [3.8, 4) is 0 Å². The number of carbonyl (C=O) groups excluding carboxylic acids is 2. The molecule has 1 aromatic heterocycles. The van der Waals surface area contributed by atoms with E-state index >= 15 is 0 Å². The zero-order valence-electron chi connectivity index (χ0n) is 15.6. The number of hydrogen-bond donors (Lipinski definition) is 0. The van der Waals surface area contributed by atoms with Crippen molar-refractivity contribution in [3.63, 3.8) is 0 Å². The fourth-order valence-electron chi connectivity index (χ4n) is 4.10. The number of thiophene rings is 1. The van der Waals surface area contributed by atoms with Gasteiger partial charge < -0.3 is 9.64 Å². The Bertz CT molecular complexity index is 934. The van der Waals surface area contributed by atoms with Crippen LogP contribution >= 0.6 is 11.3 Å². The Hall–Kier alpha value is -2.21. The van der Waals surface area contributed by atoms with Gasteiger partial charge in [-0.3, -0.25) is 9.59 Å². The molecule has 2 heterocycles. The largest absolute Gasteiger partial charge is 0.461 e. The van der Waals surface area contributed by atoms with E-state index in [9.17, 15) is 14.0 Å². The molecular weight excluding hydrogens is 365 g/mol. The van der Waals surface area contributed by atoms with E-state index in [4.69, 9.17) is 4.74 Å². The Balaban J connectivity index is 1.73. The molecule has 4 rings (SSSR count). The van der Waals surface area contributed by atoms with Crippen LogP contribution in [0.4, 0.5) is 10.1 Å². The van der Waals surface area contributed by atoms with E-state index in [1.165, 1.54) is 47.9 Å². The summed E-state index contributed by atoms with van der Waals surface area (Å²) in [4.78, 5) is 28.3. The Morgan fingerprint density at radius 2 is 2.00 bits per heavy atom. The zero-order chi connectivity index (χ0) is 19.1. The molecule has 0 saturated heterocycles. The third-order valence-electron chi connectivity index (χ3n) is 5.43. The summed E-state index contributed by atoms with van der Waals surface area (Å²) in [6.45, 7) is 3.67. The quantitative estimate of drug-likeness (QED) is 0.736. The van der Waals surface area contributed by atoms with Crippen molar-refractivity contribution >= 4 is 28.9 Å². The van der Waals surface area contributed by atoms with Crippen molar-refractivity contribution in [2.45, 2.75) is 52.6 Å². The second kappa shape index (κ2) is 7.08. The number of ether oxygens (including phenoxy) is 1. The molecule has 0 spiro atoms. The molecule has 2 aliphatic rings. The molecule has 1 aliphatic heterocycles. The van der Waals surface area contributed by atoms with E-state index in [1.807, 2.05) is 0 Å². The normalized spacial score (nSPS) is 16.1. The van der Waals surface area contributed by atoms with Gasteiger partial charge in [-0.2, -0.15) is 0 Å². The smallest absolute Gasteiger partial charge is 0.302 e. The fourth-order valence-corrected chi connectivity index (χ4v) is 5.49. The van der Waals surface area contributed by atoms with Gasteiger partial charge >= 0.3 is 5.97 Å². The van der Waals surface area contributed by atoms with Gasteiger partial charge in [-0.25, -0.2) is 4.39 Å². The van der Waals surface area contributed by atoms with Crippen LogP contribution in [0.1, 0.15) is 56.6 Å². The van der Waals surface area contributed by atoms with Crippen molar-refractivity contribution in [1.82, 2.24) is 0 Å². The second-order valence-corrected chi connectivity index (χ2v) is 8.33. The number of rotatable bonds is 3. The number of esters is 1. The molecule has 0 atom stereocenters. The number of nitrogens with zero attached hydrogens (tertiary/aromatic N) is 1. The summed E-state index contributed by atoms with van der Waals surface area (Å²) in [5.41, 5.74) is 4.45. The molecule has 0 radical (unpaired) electrons. The van der Waals surface area contributed by atoms with Crippen molar-refractivity contribution in [1.29, 1.82) is 0 Å². The average molecular weight is 387 g/mol. The lowest BCUT2D eigenvalue weighted by Gasteiger charge is -2.30. The van der Waals surface area contributed by atoms with Gasteiger partial charge in [-0.15, -0.1) is 11.3 Å². The standard InChI is InChI=1S/C21H22FNO3S/c1-12-9-14(22)10-18(17(12)11-26-13(2)24)23-8-7-16-15-5-3-4-6-19(15)27-20(16)21(23)25/h9-10H,3-8,11H2,1-2H3. The van der Waals surface area contributed by atoms with Gasteiger partial charge in [0.15, 0.2) is 0 Å². The maximum Gasteiger partial charge on any atom is 0.302 e. The fraction of sp³-hybridized carbons (Fsp3) is 0.429. The van der Waals surface area contributed by atoms with Gasteiger partial charge in [0, 0.05) is 23.9 Å². The third kappa shape index (κ3) is 3.27. The molecular formula is C21H22FNO3S. The molecule has 1 aliphatic carbocycles. The molecule has 0 unspecified atom stereocenters. The summed E-state index contributed by atoms with van der Waals surface area (Å²) in [7, 11) is 0. The lowest BCUT2D eigenvalue weighted by molar-refractivity contribution is -0.142. The van der Waals surface area contributed by atoms with Crippen LogP contribution in [-0.2, 0) is 35.4 Å². The zero-order valence-corrected chi connectivity index (χ0v) is 16.4. The van der Waals surface area contributed by atoms with Gasteiger partial charge in [-0.05, 0) is 67.9 Å². The molecule has 1 amide bonds. The minimum atomic E-state index is -0.400. The minimum Gasteiger partial charge on any atom is -0.461 e. The van der Waals surface area contributed by atoms with Crippen molar-refractivity contribution < 1.29 is 18.7 Å². The summed E-state index contributed by atoms with van der Waals surface area (Å²) in [5.74, 6) is -0.856. The van der Waals surface area contributed by atoms with Gasteiger partial charge in [-0.1, -0.05) is 0 Å². The molecule has 0 N–H and O–H groups in total. The van der Waals surface area contributed by atoms with Crippen LogP contribution in [0.15, 0.2) is 12.1 Å². The van der Waals surface area contributed by atoms with E-state index in [-0.39, 0.29) is 12.5 Å². The van der Waals surface area contributed by atoms with E-state index in [0.717, 1.165) is 24.1 Å². The molecule has 142 valence electrons. The van der Waals surface area contributed by atoms with Gasteiger partial charge in [0.05, 0.1) is 10.6 Å². The second-order valence-electron chi connectivity index (χ2n) is 7.23. The van der Waals surface area contributed by atoms with Crippen molar-refractivity contribution in [2.24, 2.45) is 0 Å². The Morgan fingerprint density at radius 3 is 2.78 bits per heavy atom. The minimum absolute atomic E-state index is 0.0361. The highest BCUT2D eigenvalue weighted by molar-refractivity contribution is 7.14. The van der Waals surface area contributed by atoms with Crippen LogP contribution in [0.5, 0.6) is 0 Å². The predicted molar refractivity (Wildman–Crippen MR) is 103 cm³/mol. The number of halogens is 1. The first-order chi connectivity index (χ1) is 13.0. The highest BCUT2D eigenvalue weighted by Gasteiger charge is 2.33. The van der Waals surface area contributed by atoms with Crippen LogP contribution in [0.25, 0.3) is 0 Å². The first-order valence-corrected chi connectivity index (χ1v) is 10.1. The van der Waals surface area contributed by atoms with Crippen LogP contribution < -0.4 is 4.90 Å². The molecule has 6 heteroatoms. The van der Waals surface area contributed by atoms with E-state index in [1.54, 1.807) is 23.2 Å². The number of carbonyl (C=O) groups is 2. The lowest BCUT2D eigenvalue weighted by atomic mass is 9.91. The SMILES string of the molecule is CC(=O)OCc1c(C)cc(F)cc1N1CCc2c(sc3c2CCCC3)C1=O. The summed E-state index contributed by atoms with van der Waals surface area (Å²) in [5, 5.41) is 0. The Labute approximate surface area is 161 Å². The Kier molecular flexibility index (Phi) is 4.76. The van der Waals surface area contributed by atoms with E-state index in [2.05, 4.69) is 0 Å². The predicted octanol–water partition coefficient (Wildman–Crippen LogP) is 4.34. The number of aryl methyl sites for hydroxylation is 2. The number of hydrogen-bond acceptors (Lipinski definition) is 4. The molecule has 1 aromatic carbocycles. The monoisotopic (exact) mass is 387 g/mol. The first kappa shape index (κ1) is 18.2. The average Bonchev–Trinajstić information content (AvgIpc) is 3.00. The maximum atomic E-state index is 14.1. The number of amides is 1. The Morgan fingerprint density at radius 1 is 1.22 bits per heavy atom. The van der Waals surface area contributed by atoms with Crippen LogP contribution in [-0.4, -0.2) is 18.4 Å². The molecule has 0 fully saturated rings. The molecule has 27 heavy (non-hydrogen) atoms. The van der Waals surface area contributed by atoms with Crippen LogP contribution in [0.2, 0.25) is 0 Å². The van der Waals surface area contributed by atoms with Gasteiger partial charge in [0.1, 0.15) is 12.4 Å². The molecule has 2 aromatic rings. The summed E-state index contributed by atoms with van der Waals surface area (Å²) in [6, 6.07) is 2.79. The highest BCUT2D eigenvalue weighted by Crippen LogP contribution is 2.39.